The van der Waals surface area contributed by atoms with Gasteiger partial charge in [-0.05, 0) is 12.5 Å². The van der Waals surface area contributed by atoms with Crippen LogP contribution in [0, 0.1) is 10.1 Å². The zero-order valence-corrected chi connectivity index (χ0v) is 12.0. The van der Waals surface area contributed by atoms with E-state index >= 15 is 0 Å². The van der Waals surface area contributed by atoms with Gasteiger partial charge in [0.15, 0.2) is 5.58 Å². The van der Waals surface area contributed by atoms with Crippen LogP contribution in [-0.2, 0) is 10.8 Å². The number of hydrogen-bond acceptors (Lipinski definition) is 6. The van der Waals surface area contributed by atoms with Crippen LogP contribution in [0.2, 0.25) is 0 Å². The zero-order chi connectivity index (χ0) is 14.7. The van der Waals surface area contributed by atoms with Crippen molar-refractivity contribution < 1.29 is 13.5 Å². The summed E-state index contributed by atoms with van der Waals surface area (Å²) < 4.78 is 16.6. The van der Waals surface area contributed by atoms with Gasteiger partial charge in [0.25, 0.3) is 11.7 Å². The Kier molecular flexibility index (Phi) is 4.33. The molecule has 0 saturated heterocycles. The van der Waals surface area contributed by atoms with E-state index < -0.39 is 15.7 Å². The van der Waals surface area contributed by atoms with E-state index in [1.807, 2.05) is 6.92 Å². The van der Waals surface area contributed by atoms with Gasteiger partial charge in [0.1, 0.15) is 5.52 Å². The standard InChI is InChI=1S/C12H15N3O4S/c1-8(20(2)18)5-6-13-12-14-10-4-3-9(15(16)17)7-11(10)19-12/h3-4,7-8H,5-6H2,1-2H3,(H,13,14). The van der Waals surface area contributed by atoms with E-state index in [2.05, 4.69) is 10.3 Å². The second-order valence-electron chi connectivity index (χ2n) is 4.45. The number of anilines is 1. The highest BCUT2D eigenvalue weighted by molar-refractivity contribution is 7.84. The summed E-state index contributed by atoms with van der Waals surface area (Å²) in [6.45, 7) is 2.49. The highest BCUT2D eigenvalue weighted by Gasteiger charge is 2.12. The normalized spacial score (nSPS) is 14.1. The van der Waals surface area contributed by atoms with Crippen molar-refractivity contribution in [1.82, 2.24) is 4.98 Å². The van der Waals surface area contributed by atoms with Crippen LogP contribution >= 0.6 is 0 Å². The Morgan fingerprint density at radius 2 is 2.30 bits per heavy atom. The highest BCUT2D eigenvalue weighted by Crippen LogP contribution is 2.23. The highest BCUT2D eigenvalue weighted by atomic mass is 32.2. The molecule has 0 bridgehead atoms. The average molecular weight is 297 g/mol. The number of rotatable bonds is 6. The smallest absolute Gasteiger partial charge is 0.295 e. The number of aromatic nitrogens is 1. The molecule has 1 N–H and O–H groups in total. The number of non-ortho nitro benzene ring substituents is 1. The average Bonchev–Trinajstić information content (AvgIpc) is 2.79. The Bertz CT molecular complexity index is 655. The van der Waals surface area contributed by atoms with Crippen molar-refractivity contribution in [3.8, 4) is 0 Å². The fraction of sp³-hybridized carbons (Fsp3) is 0.417. The third-order valence-electron chi connectivity index (χ3n) is 2.98. The van der Waals surface area contributed by atoms with Crippen molar-refractivity contribution in [2.24, 2.45) is 0 Å². The van der Waals surface area contributed by atoms with Gasteiger partial charge in [0, 0.05) is 34.9 Å². The summed E-state index contributed by atoms with van der Waals surface area (Å²) in [5.74, 6) is 0. The molecule has 2 rings (SSSR count). The molecule has 1 heterocycles. The first-order chi connectivity index (χ1) is 9.47. The van der Waals surface area contributed by atoms with Crippen molar-refractivity contribution in [3.63, 3.8) is 0 Å². The third-order valence-corrected chi connectivity index (χ3v) is 4.35. The van der Waals surface area contributed by atoms with Crippen LogP contribution in [0.25, 0.3) is 11.1 Å². The van der Waals surface area contributed by atoms with Crippen LogP contribution in [0.4, 0.5) is 11.7 Å². The zero-order valence-electron chi connectivity index (χ0n) is 11.2. The van der Waals surface area contributed by atoms with Gasteiger partial charge >= 0.3 is 0 Å². The van der Waals surface area contributed by atoms with Gasteiger partial charge in [-0.3, -0.25) is 14.3 Å². The molecule has 2 aromatic rings. The summed E-state index contributed by atoms with van der Waals surface area (Å²) in [6.07, 6.45) is 2.39. The summed E-state index contributed by atoms with van der Waals surface area (Å²) in [5.41, 5.74) is 0.897. The molecule has 0 aliphatic rings. The van der Waals surface area contributed by atoms with Gasteiger partial charge in [-0.15, -0.1) is 0 Å². The molecule has 0 radical (unpaired) electrons. The van der Waals surface area contributed by atoms with E-state index in [0.29, 0.717) is 23.7 Å². The lowest BCUT2D eigenvalue weighted by Crippen LogP contribution is -2.14. The molecule has 2 unspecified atom stereocenters. The molecule has 0 saturated carbocycles. The lowest BCUT2D eigenvalue weighted by atomic mass is 10.3. The van der Waals surface area contributed by atoms with Gasteiger partial charge in [0.05, 0.1) is 11.0 Å². The Hall–Kier alpha value is -1.96. The summed E-state index contributed by atoms with van der Waals surface area (Å²) in [6, 6.07) is 4.59. The first kappa shape index (κ1) is 14.4. The molecule has 0 fully saturated rings. The van der Waals surface area contributed by atoms with Gasteiger partial charge in [-0.1, -0.05) is 6.92 Å². The molecule has 8 heteroatoms. The lowest BCUT2D eigenvalue weighted by molar-refractivity contribution is -0.384. The quantitative estimate of drug-likeness (QED) is 0.649. The van der Waals surface area contributed by atoms with Crippen molar-refractivity contribution >= 4 is 33.6 Å². The monoisotopic (exact) mass is 297 g/mol. The molecule has 2 atom stereocenters. The Morgan fingerprint density at radius 1 is 1.55 bits per heavy atom. The van der Waals surface area contributed by atoms with Crippen LogP contribution in [0.15, 0.2) is 22.6 Å². The van der Waals surface area contributed by atoms with Crippen LogP contribution in [-0.4, -0.2) is 32.2 Å². The second kappa shape index (κ2) is 6.00. The first-order valence-electron chi connectivity index (χ1n) is 6.08. The first-order valence-corrected chi connectivity index (χ1v) is 7.70. The van der Waals surface area contributed by atoms with Crippen molar-refractivity contribution in [2.45, 2.75) is 18.6 Å². The van der Waals surface area contributed by atoms with Crippen molar-refractivity contribution in [1.29, 1.82) is 0 Å². The van der Waals surface area contributed by atoms with Gasteiger partial charge in [-0.25, -0.2) is 0 Å². The molecule has 1 aromatic heterocycles. The molecule has 20 heavy (non-hydrogen) atoms. The number of fused-ring (bicyclic) bond motifs is 1. The summed E-state index contributed by atoms with van der Waals surface area (Å²) in [4.78, 5) is 14.4. The van der Waals surface area contributed by atoms with Gasteiger partial charge in [-0.2, -0.15) is 4.98 Å². The fourth-order valence-corrected chi connectivity index (χ4v) is 2.10. The number of hydrogen-bond donors (Lipinski definition) is 1. The topological polar surface area (TPSA) is 98.3 Å². The van der Waals surface area contributed by atoms with E-state index in [9.17, 15) is 14.3 Å². The van der Waals surface area contributed by atoms with Crippen molar-refractivity contribution in [2.75, 3.05) is 18.1 Å². The molecule has 0 spiro atoms. The lowest BCUT2D eigenvalue weighted by Gasteiger charge is -2.07. The van der Waals surface area contributed by atoms with Crippen LogP contribution in [0.5, 0.6) is 0 Å². The van der Waals surface area contributed by atoms with Crippen LogP contribution in [0.1, 0.15) is 13.3 Å². The molecule has 0 aliphatic heterocycles. The maximum absolute atomic E-state index is 11.2. The fourth-order valence-electron chi connectivity index (χ4n) is 1.65. The maximum Gasteiger partial charge on any atom is 0.295 e. The molecule has 0 amide bonds. The SMILES string of the molecule is CC(CCNc1nc2ccc([N+](=O)[O-])cc2o1)S(C)=O. The molecule has 0 aliphatic carbocycles. The Balaban J connectivity index is 2.04. The maximum atomic E-state index is 11.2. The van der Waals surface area contributed by atoms with E-state index in [0.717, 1.165) is 6.42 Å². The van der Waals surface area contributed by atoms with E-state index in [4.69, 9.17) is 4.42 Å². The second-order valence-corrected chi connectivity index (χ2v) is 6.25. The van der Waals surface area contributed by atoms with E-state index in [1.54, 1.807) is 12.3 Å². The molecular weight excluding hydrogens is 282 g/mol. The Morgan fingerprint density at radius 3 is 2.95 bits per heavy atom. The minimum absolute atomic E-state index is 0.0322. The minimum atomic E-state index is -0.857. The number of nitro benzene ring substituents is 1. The predicted octanol–water partition coefficient (Wildman–Crippen LogP) is 2.30. The molecule has 108 valence electrons. The summed E-state index contributed by atoms with van der Waals surface area (Å²) in [5, 5.41) is 13.7. The van der Waals surface area contributed by atoms with E-state index in [-0.39, 0.29) is 10.9 Å². The third kappa shape index (κ3) is 3.32. The van der Waals surface area contributed by atoms with Gasteiger partial charge in [0.2, 0.25) is 0 Å². The Labute approximate surface area is 118 Å². The van der Waals surface area contributed by atoms with E-state index in [1.165, 1.54) is 12.1 Å². The number of nitrogens with zero attached hydrogens (tertiary/aromatic N) is 2. The predicted molar refractivity (Wildman–Crippen MR) is 77.3 cm³/mol. The number of benzene rings is 1. The van der Waals surface area contributed by atoms with Crippen LogP contribution in [0.3, 0.4) is 0 Å². The number of nitrogens with one attached hydrogen (secondary N) is 1. The van der Waals surface area contributed by atoms with Crippen molar-refractivity contribution in [3.05, 3.63) is 28.3 Å². The summed E-state index contributed by atoms with van der Waals surface area (Å²) >= 11 is 0. The largest absolute Gasteiger partial charge is 0.423 e. The molecule has 1 aromatic carbocycles. The minimum Gasteiger partial charge on any atom is -0.423 e. The molecular formula is C12H15N3O4S. The molecule has 7 nitrogen and oxygen atoms in total. The number of nitro groups is 1. The number of oxazole rings is 1. The van der Waals surface area contributed by atoms with Crippen LogP contribution < -0.4 is 5.32 Å². The van der Waals surface area contributed by atoms with Gasteiger partial charge < -0.3 is 9.73 Å². The summed E-state index contributed by atoms with van der Waals surface area (Å²) in [7, 11) is -0.857.